The maximum Gasteiger partial charge on any atom is 0.257 e. The van der Waals surface area contributed by atoms with Gasteiger partial charge in [0.05, 0.1) is 18.4 Å². The second kappa shape index (κ2) is 10.2. The van der Waals surface area contributed by atoms with Gasteiger partial charge in [0.25, 0.3) is 5.91 Å². The molecule has 2 heterocycles. The van der Waals surface area contributed by atoms with E-state index in [0.29, 0.717) is 49.1 Å². The van der Waals surface area contributed by atoms with Crippen LogP contribution in [-0.2, 0) is 11.2 Å². The molecule has 1 fully saturated rings. The fraction of sp³-hybridized carbons (Fsp3) is 0.478. The Bertz CT molecular complexity index is 892. The Labute approximate surface area is 177 Å². The first-order valence-electron chi connectivity index (χ1n) is 10.5. The van der Waals surface area contributed by atoms with E-state index in [2.05, 4.69) is 15.3 Å². The molecule has 0 atom stereocenters. The standard InChI is InChI=1S/C23H30N4O3/c1-16-21(15-25-17(2)26-16)23(29)27-11-8-19(9-12-27)14-22(28)24-10-7-18-5-4-6-20(13-18)30-3/h4-6,13,15,19H,7-12,14H2,1-3H3,(H,24,28). The number of piperidine rings is 1. The van der Waals surface area contributed by atoms with Gasteiger partial charge >= 0.3 is 0 Å². The van der Waals surface area contributed by atoms with Crippen LogP contribution in [0, 0.1) is 19.8 Å². The van der Waals surface area contributed by atoms with Crippen molar-refractivity contribution in [2.75, 3.05) is 26.7 Å². The molecule has 2 aromatic rings. The summed E-state index contributed by atoms with van der Waals surface area (Å²) < 4.78 is 5.23. The molecule has 1 aromatic carbocycles. The van der Waals surface area contributed by atoms with E-state index in [1.807, 2.05) is 43.0 Å². The Hall–Kier alpha value is -2.96. The molecule has 0 spiro atoms. The van der Waals surface area contributed by atoms with Crippen LogP contribution in [0.1, 0.15) is 46.7 Å². The third-order valence-electron chi connectivity index (χ3n) is 5.58. The molecule has 1 saturated heterocycles. The van der Waals surface area contributed by atoms with Crippen LogP contribution in [0.15, 0.2) is 30.5 Å². The maximum atomic E-state index is 12.7. The first-order valence-corrected chi connectivity index (χ1v) is 10.5. The molecule has 0 aliphatic carbocycles. The quantitative estimate of drug-likeness (QED) is 0.759. The number of hydrogen-bond acceptors (Lipinski definition) is 5. The number of carbonyl (C=O) groups excluding carboxylic acids is 2. The molecule has 7 nitrogen and oxygen atoms in total. The van der Waals surface area contributed by atoms with Crippen molar-refractivity contribution in [3.63, 3.8) is 0 Å². The van der Waals surface area contributed by atoms with Crippen molar-refractivity contribution in [3.05, 3.63) is 53.1 Å². The Balaban J connectivity index is 1.40. The van der Waals surface area contributed by atoms with E-state index in [4.69, 9.17) is 4.74 Å². The molecular weight excluding hydrogens is 380 g/mol. The van der Waals surface area contributed by atoms with Gasteiger partial charge in [-0.3, -0.25) is 9.59 Å². The molecule has 0 saturated carbocycles. The summed E-state index contributed by atoms with van der Waals surface area (Å²) in [4.78, 5) is 35.3. The van der Waals surface area contributed by atoms with Crippen molar-refractivity contribution in [2.24, 2.45) is 5.92 Å². The summed E-state index contributed by atoms with van der Waals surface area (Å²) in [6, 6.07) is 7.88. The lowest BCUT2D eigenvalue weighted by Gasteiger charge is -2.32. The van der Waals surface area contributed by atoms with E-state index >= 15 is 0 Å². The van der Waals surface area contributed by atoms with Gasteiger partial charge in [-0.05, 0) is 56.7 Å². The third-order valence-corrected chi connectivity index (χ3v) is 5.58. The highest BCUT2D eigenvalue weighted by atomic mass is 16.5. The van der Waals surface area contributed by atoms with Gasteiger partial charge in [0.15, 0.2) is 0 Å². The summed E-state index contributed by atoms with van der Waals surface area (Å²) in [5, 5.41) is 3.01. The molecule has 1 aliphatic rings. The zero-order valence-corrected chi connectivity index (χ0v) is 18.0. The summed E-state index contributed by atoms with van der Waals surface area (Å²) in [5.74, 6) is 1.85. The van der Waals surface area contributed by atoms with E-state index in [1.54, 1.807) is 13.3 Å². The topological polar surface area (TPSA) is 84.4 Å². The molecule has 0 radical (unpaired) electrons. The first kappa shape index (κ1) is 21.7. The van der Waals surface area contributed by atoms with Crippen LogP contribution in [0.4, 0.5) is 0 Å². The predicted molar refractivity (Wildman–Crippen MR) is 114 cm³/mol. The number of amides is 2. The molecule has 1 N–H and O–H groups in total. The Kier molecular flexibility index (Phi) is 7.38. The zero-order chi connectivity index (χ0) is 21.5. The minimum absolute atomic E-state index is 0.0197. The van der Waals surface area contributed by atoms with E-state index in [1.165, 1.54) is 0 Å². The van der Waals surface area contributed by atoms with Gasteiger partial charge in [-0.15, -0.1) is 0 Å². The predicted octanol–water partition coefficient (Wildman–Crippen LogP) is 2.70. The van der Waals surface area contributed by atoms with Crippen LogP contribution < -0.4 is 10.1 Å². The lowest BCUT2D eigenvalue weighted by molar-refractivity contribution is -0.122. The van der Waals surface area contributed by atoms with Crippen molar-refractivity contribution in [1.29, 1.82) is 0 Å². The van der Waals surface area contributed by atoms with Gasteiger partial charge in [-0.2, -0.15) is 0 Å². The minimum atomic E-state index is -0.0197. The number of methoxy groups -OCH3 is 1. The smallest absolute Gasteiger partial charge is 0.257 e. The van der Waals surface area contributed by atoms with Crippen LogP contribution >= 0.6 is 0 Å². The highest BCUT2D eigenvalue weighted by Crippen LogP contribution is 2.22. The molecule has 1 aromatic heterocycles. The highest BCUT2D eigenvalue weighted by Gasteiger charge is 2.26. The summed E-state index contributed by atoms with van der Waals surface area (Å²) in [6.45, 7) is 5.58. The van der Waals surface area contributed by atoms with Crippen LogP contribution in [-0.4, -0.2) is 53.4 Å². The van der Waals surface area contributed by atoms with Gasteiger partial charge in [0.2, 0.25) is 5.91 Å². The van der Waals surface area contributed by atoms with E-state index in [-0.39, 0.29) is 11.8 Å². The number of likely N-dealkylation sites (tertiary alicyclic amines) is 1. The number of benzene rings is 1. The molecule has 7 heteroatoms. The average Bonchev–Trinajstić information content (AvgIpc) is 2.74. The largest absolute Gasteiger partial charge is 0.497 e. The van der Waals surface area contributed by atoms with Crippen molar-refractivity contribution in [2.45, 2.75) is 39.5 Å². The molecular formula is C23H30N4O3. The van der Waals surface area contributed by atoms with Crippen LogP contribution in [0.25, 0.3) is 0 Å². The number of rotatable bonds is 7. The third kappa shape index (κ3) is 5.78. The molecule has 30 heavy (non-hydrogen) atoms. The van der Waals surface area contributed by atoms with Crippen molar-refractivity contribution in [1.82, 2.24) is 20.2 Å². The van der Waals surface area contributed by atoms with Crippen LogP contribution in [0.3, 0.4) is 0 Å². The zero-order valence-electron chi connectivity index (χ0n) is 18.0. The monoisotopic (exact) mass is 410 g/mol. The van der Waals surface area contributed by atoms with Gasteiger partial charge < -0.3 is 15.0 Å². The SMILES string of the molecule is COc1cccc(CCNC(=O)CC2CCN(C(=O)c3cnc(C)nc3C)CC2)c1. The minimum Gasteiger partial charge on any atom is -0.497 e. The number of carbonyl (C=O) groups is 2. The fourth-order valence-corrected chi connectivity index (χ4v) is 3.81. The van der Waals surface area contributed by atoms with E-state index < -0.39 is 0 Å². The van der Waals surface area contributed by atoms with E-state index in [9.17, 15) is 9.59 Å². The normalized spacial score (nSPS) is 14.4. The van der Waals surface area contributed by atoms with Crippen LogP contribution in [0.2, 0.25) is 0 Å². The lowest BCUT2D eigenvalue weighted by atomic mass is 9.93. The number of ether oxygens (including phenoxy) is 1. The maximum absolute atomic E-state index is 12.7. The molecule has 2 amide bonds. The second-order valence-corrected chi connectivity index (χ2v) is 7.81. The molecule has 1 aliphatic heterocycles. The van der Waals surface area contributed by atoms with Gasteiger partial charge in [-0.25, -0.2) is 9.97 Å². The number of nitrogens with zero attached hydrogens (tertiary/aromatic N) is 3. The second-order valence-electron chi connectivity index (χ2n) is 7.81. The number of aromatic nitrogens is 2. The van der Waals surface area contributed by atoms with Gasteiger partial charge in [0, 0.05) is 32.3 Å². The van der Waals surface area contributed by atoms with E-state index in [0.717, 1.165) is 30.6 Å². The molecule has 0 bridgehead atoms. The van der Waals surface area contributed by atoms with Crippen molar-refractivity contribution in [3.8, 4) is 5.75 Å². The summed E-state index contributed by atoms with van der Waals surface area (Å²) in [5.41, 5.74) is 2.41. The fourth-order valence-electron chi connectivity index (χ4n) is 3.81. The Morgan fingerprint density at radius 3 is 2.70 bits per heavy atom. The summed E-state index contributed by atoms with van der Waals surface area (Å²) in [6.07, 6.45) is 4.56. The van der Waals surface area contributed by atoms with Gasteiger partial charge in [0.1, 0.15) is 11.6 Å². The lowest BCUT2D eigenvalue weighted by Crippen LogP contribution is -2.40. The summed E-state index contributed by atoms with van der Waals surface area (Å²) >= 11 is 0. The molecule has 0 unspecified atom stereocenters. The van der Waals surface area contributed by atoms with Crippen molar-refractivity contribution >= 4 is 11.8 Å². The average molecular weight is 411 g/mol. The molecule has 3 rings (SSSR count). The van der Waals surface area contributed by atoms with Gasteiger partial charge in [-0.1, -0.05) is 12.1 Å². The summed E-state index contributed by atoms with van der Waals surface area (Å²) in [7, 11) is 1.65. The highest BCUT2D eigenvalue weighted by molar-refractivity contribution is 5.95. The number of aryl methyl sites for hydroxylation is 2. The Morgan fingerprint density at radius 1 is 1.23 bits per heavy atom. The molecule has 160 valence electrons. The first-order chi connectivity index (χ1) is 14.5. The van der Waals surface area contributed by atoms with Crippen molar-refractivity contribution < 1.29 is 14.3 Å². The van der Waals surface area contributed by atoms with Crippen LogP contribution in [0.5, 0.6) is 5.75 Å². The number of nitrogens with one attached hydrogen (secondary N) is 1. The number of hydrogen-bond donors (Lipinski definition) is 1. The Morgan fingerprint density at radius 2 is 2.00 bits per heavy atom.